The summed E-state index contributed by atoms with van der Waals surface area (Å²) < 4.78 is 0. The maximum absolute atomic E-state index is 12.6. The lowest BCUT2D eigenvalue weighted by atomic mass is 10.00. The first-order chi connectivity index (χ1) is 10.2. The number of amides is 2. The van der Waals surface area contributed by atoms with Gasteiger partial charge in [0.15, 0.2) is 6.04 Å². The highest BCUT2D eigenvalue weighted by Gasteiger charge is 2.54. The van der Waals surface area contributed by atoms with E-state index in [1.54, 1.807) is 12.1 Å². The van der Waals surface area contributed by atoms with E-state index in [1.807, 2.05) is 18.2 Å². The van der Waals surface area contributed by atoms with Crippen molar-refractivity contribution in [2.24, 2.45) is 17.8 Å². The number of nitrogens with zero attached hydrogens (tertiary/aromatic N) is 2. The molecule has 1 aliphatic carbocycles. The molecule has 1 saturated carbocycles. The molecule has 3 rings (SSSR count). The zero-order valence-corrected chi connectivity index (χ0v) is 12.0. The zero-order chi connectivity index (χ0) is 15.0. The molecule has 21 heavy (non-hydrogen) atoms. The lowest BCUT2D eigenvalue weighted by Gasteiger charge is -2.22. The quantitative estimate of drug-likeness (QED) is 0.801. The fraction of sp³-hybridized carbons (Fsp3) is 0.471. The molecule has 0 aromatic heterocycles. The average Bonchev–Trinajstić information content (AvgIpc) is 3.04. The Bertz CT molecular complexity index is 581. The first-order valence-electron chi connectivity index (χ1n) is 7.48. The minimum absolute atomic E-state index is 0.156. The lowest BCUT2D eigenvalue weighted by molar-refractivity contribution is -0.142. The largest absolute Gasteiger partial charge is 0.274 e. The summed E-state index contributed by atoms with van der Waals surface area (Å²) in [6.45, 7) is 2.10. The molecule has 0 N–H and O–H groups in total. The second kappa shape index (κ2) is 5.33. The highest BCUT2D eigenvalue weighted by Crippen LogP contribution is 2.46. The number of nitriles is 1. The van der Waals surface area contributed by atoms with Crippen LogP contribution in [0.5, 0.6) is 0 Å². The van der Waals surface area contributed by atoms with Gasteiger partial charge in [0.2, 0.25) is 11.8 Å². The van der Waals surface area contributed by atoms with E-state index in [0.717, 1.165) is 19.3 Å². The summed E-state index contributed by atoms with van der Waals surface area (Å²) in [5.74, 6) is -0.260. The second-order valence-electron chi connectivity index (χ2n) is 5.95. The Morgan fingerprint density at radius 2 is 1.76 bits per heavy atom. The second-order valence-corrected chi connectivity index (χ2v) is 5.95. The third-order valence-electron chi connectivity index (χ3n) is 4.84. The normalized spacial score (nSPS) is 29.3. The Hall–Kier alpha value is -2.15. The number of hydrogen-bond donors (Lipinski definition) is 0. The topological polar surface area (TPSA) is 61.2 Å². The van der Waals surface area contributed by atoms with Crippen molar-refractivity contribution in [2.45, 2.75) is 32.2 Å². The standard InChI is InChI=1S/C17H18N2O2/c1-2-11-8-13-14(9-11)17(21)19(16(13)20)15(10-18)12-6-4-3-5-7-12/h3-7,11,13-15H,2,8-9H2,1H3. The van der Waals surface area contributed by atoms with Crippen LogP contribution in [0.15, 0.2) is 30.3 Å². The van der Waals surface area contributed by atoms with Crippen molar-refractivity contribution in [1.29, 1.82) is 5.26 Å². The first-order valence-corrected chi connectivity index (χ1v) is 7.48. The van der Waals surface area contributed by atoms with Crippen molar-refractivity contribution >= 4 is 11.8 Å². The Morgan fingerprint density at radius 3 is 2.24 bits per heavy atom. The number of carbonyl (C=O) groups excluding carboxylic acids is 2. The smallest absolute Gasteiger partial charge is 0.234 e. The van der Waals surface area contributed by atoms with E-state index >= 15 is 0 Å². The molecule has 108 valence electrons. The maximum atomic E-state index is 12.6. The Labute approximate surface area is 124 Å². The van der Waals surface area contributed by atoms with Crippen molar-refractivity contribution < 1.29 is 9.59 Å². The summed E-state index contributed by atoms with van der Waals surface area (Å²) in [6, 6.07) is 10.4. The van der Waals surface area contributed by atoms with E-state index in [-0.39, 0.29) is 23.7 Å². The zero-order valence-electron chi connectivity index (χ0n) is 12.0. The van der Waals surface area contributed by atoms with Crippen LogP contribution in [0.3, 0.4) is 0 Å². The van der Waals surface area contributed by atoms with Gasteiger partial charge >= 0.3 is 0 Å². The Morgan fingerprint density at radius 1 is 1.19 bits per heavy atom. The minimum Gasteiger partial charge on any atom is -0.274 e. The van der Waals surface area contributed by atoms with Gasteiger partial charge < -0.3 is 0 Å². The lowest BCUT2D eigenvalue weighted by Crippen LogP contribution is -2.35. The van der Waals surface area contributed by atoms with Crippen LogP contribution in [-0.4, -0.2) is 16.7 Å². The highest BCUT2D eigenvalue weighted by molar-refractivity contribution is 6.06. The van der Waals surface area contributed by atoms with Crippen molar-refractivity contribution in [1.82, 2.24) is 4.90 Å². The van der Waals surface area contributed by atoms with Gasteiger partial charge in [-0.15, -0.1) is 0 Å². The number of hydrogen-bond acceptors (Lipinski definition) is 3. The van der Waals surface area contributed by atoms with Crippen LogP contribution >= 0.6 is 0 Å². The molecule has 0 bridgehead atoms. The molecule has 3 unspecified atom stereocenters. The maximum Gasteiger partial charge on any atom is 0.234 e. The van der Waals surface area contributed by atoms with Crippen LogP contribution in [-0.2, 0) is 9.59 Å². The molecule has 4 heteroatoms. The molecular formula is C17H18N2O2. The summed E-state index contributed by atoms with van der Waals surface area (Å²) in [7, 11) is 0. The van der Waals surface area contributed by atoms with E-state index in [1.165, 1.54) is 4.90 Å². The molecule has 0 radical (unpaired) electrons. The predicted octanol–water partition coefficient (Wildman–Crippen LogP) is 2.67. The number of likely N-dealkylation sites (tertiary alicyclic amines) is 1. The molecule has 4 nitrogen and oxygen atoms in total. The minimum atomic E-state index is -0.795. The van der Waals surface area contributed by atoms with E-state index in [0.29, 0.717) is 11.5 Å². The molecule has 2 aliphatic rings. The van der Waals surface area contributed by atoms with Crippen molar-refractivity contribution in [3.63, 3.8) is 0 Å². The van der Waals surface area contributed by atoms with Crippen LogP contribution in [0.25, 0.3) is 0 Å². The number of rotatable bonds is 3. The van der Waals surface area contributed by atoms with E-state index < -0.39 is 6.04 Å². The van der Waals surface area contributed by atoms with Gasteiger partial charge in [-0.2, -0.15) is 5.26 Å². The van der Waals surface area contributed by atoms with Crippen LogP contribution in [0.1, 0.15) is 37.8 Å². The number of imide groups is 1. The van der Waals surface area contributed by atoms with E-state index in [4.69, 9.17) is 0 Å². The summed E-state index contributed by atoms with van der Waals surface area (Å²) in [5, 5.41) is 9.44. The molecule has 1 aliphatic heterocycles. The van der Waals surface area contributed by atoms with Crippen LogP contribution in [0.4, 0.5) is 0 Å². The summed E-state index contributed by atoms with van der Waals surface area (Å²) >= 11 is 0. The third-order valence-corrected chi connectivity index (χ3v) is 4.84. The van der Waals surface area contributed by atoms with Crippen LogP contribution < -0.4 is 0 Å². The molecule has 2 amide bonds. The van der Waals surface area contributed by atoms with Crippen molar-refractivity contribution in [2.75, 3.05) is 0 Å². The molecule has 1 saturated heterocycles. The van der Waals surface area contributed by atoms with E-state index in [2.05, 4.69) is 13.0 Å². The SMILES string of the molecule is CCC1CC2C(=O)N(C(C#N)c3ccccc3)C(=O)C2C1. The molecule has 1 heterocycles. The Kier molecular flexibility index (Phi) is 3.50. The molecule has 1 aromatic rings. The van der Waals surface area contributed by atoms with E-state index in [9.17, 15) is 14.9 Å². The van der Waals surface area contributed by atoms with Gasteiger partial charge in [0.25, 0.3) is 0 Å². The number of benzene rings is 1. The number of fused-ring (bicyclic) bond motifs is 1. The van der Waals surface area contributed by atoms with Gasteiger partial charge in [0, 0.05) is 0 Å². The monoisotopic (exact) mass is 282 g/mol. The van der Waals surface area contributed by atoms with Crippen LogP contribution in [0, 0.1) is 29.1 Å². The van der Waals surface area contributed by atoms with Crippen LogP contribution in [0.2, 0.25) is 0 Å². The number of carbonyl (C=O) groups is 2. The van der Waals surface area contributed by atoms with Gasteiger partial charge in [-0.05, 0) is 24.3 Å². The van der Waals surface area contributed by atoms with Gasteiger partial charge in [0.1, 0.15) is 0 Å². The summed E-state index contributed by atoms with van der Waals surface area (Å²) in [6.07, 6.45) is 2.58. The van der Waals surface area contributed by atoms with Gasteiger partial charge in [-0.3, -0.25) is 14.5 Å². The third kappa shape index (κ3) is 2.13. The Balaban J connectivity index is 1.89. The molecular weight excluding hydrogens is 264 g/mol. The average molecular weight is 282 g/mol. The fourth-order valence-electron chi connectivity index (χ4n) is 3.66. The van der Waals surface area contributed by atoms with Gasteiger partial charge in [-0.1, -0.05) is 43.7 Å². The summed E-state index contributed by atoms with van der Waals surface area (Å²) in [5.41, 5.74) is 0.703. The summed E-state index contributed by atoms with van der Waals surface area (Å²) in [4.78, 5) is 26.4. The molecule has 1 aromatic carbocycles. The van der Waals surface area contributed by atoms with Crippen molar-refractivity contribution in [3.8, 4) is 6.07 Å². The van der Waals surface area contributed by atoms with Gasteiger partial charge in [0.05, 0.1) is 17.9 Å². The molecule has 0 spiro atoms. The first kappa shape index (κ1) is 13.8. The predicted molar refractivity (Wildman–Crippen MR) is 76.6 cm³/mol. The van der Waals surface area contributed by atoms with Crippen molar-refractivity contribution in [3.05, 3.63) is 35.9 Å². The fourth-order valence-corrected chi connectivity index (χ4v) is 3.66. The molecule has 2 fully saturated rings. The highest BCUT2D eigenvalue weighted by atomic mass is 16.2. The molecule has 3 atom stereocenters. The van der Waals surface area contributed by atoms with Gasteiger partial charge in [-0.25, -0.2) is 0 Å².